The van der Waals surface area contributed by atoms with Crippen molar-refractivity contribution in [3.8, 4) is 0 Å². The zero-order valence-corrected chi connectivity index (χ0v) is 9.70. The first-order valence-corrected chi connectivity index (χ1v) is 5.43. The van der Waals surface area contributed by atoms with Gasteiger partial charge in [-0.2, -0.15) is 0 Å². The second kappa shape index (κ2) is 3.37. The summed E-state index contributed by atoms with van der Waals surface area (Å²) in [4.78, 5) is 11.4. The van der Waals surface area contributed by atoms with E-state index >= 15 is 0 Å². The SMILES string of the molecule is CC(=O)C1(c2c(F)cc(Br)cc2F)CC1. The lowest BCUT2D eigenvalue weighted by atomic mass is 9.91. The molecule has 0 unspecified atom stereocenters. The second-order valence-corrected chi connectivity index (χ2v) is 4.80. The topological polar surface area (TPSA) is 17.1 Å². The Bertz CT molecular complexity index is 415. The first-order chi connectivity index (χ1) is 6.97. The quantitative estimate of drug-likeness (QED) is 0.809. The van der Waals surface area contributed by atoms with E-state index in [1.54, 1.807) is 0 Å². The highest BCUT2D eigenvalue weighted by molar-refractivity contribution is 9.10. The largest absolute Gasteiger partial charge is 0.299 e. The Hall–Kier alpha value is -0.770. The molecule has 1 aromatic carbocycles. The van der Waals surface area contributed by atoms with Crippen molar-refractivity contribution < 1.29 is 13.6 Å². The van der Waals surface area contributed by atoms with E-state index < -0.39 is 17.0 Å². The molecule has 1 nitrogen and oxygen atoms in total. The summed E-state index contributed by atoms with van der Waals surface area (Å²) in [5.74, 6) is -1.45. The lowest BCUT2D eigenvalue weighted by Gasteiger charge is -2.14. The Morgan fingerprint density at radius 1 is 1.33 bits per heavy atom. The third kappa shape index (κ3) is 1.61. The molecular weight excluding hydrogens is 266 g/mol. The zero-order chi connectivity index (χ0) is 11.2. The van der Waals surface area contributed by atoms with Crippen LogP contribution in [0.1, 0.15) is 25.3 Å². The fourth-order valence-corrected chi connectivity index (χ4v) is 2.30. The van der Waals surface area contributed by atoms with Crippen LogP contribution in [0.15, 0.2) is 16.6 Å². The molecule has 0 aliphatic heterocycles. The van der Waals surface area contributed by atoms with Gasteiger partial charge in [0, 0.05) is 10.0 Å². The Balaban J connectivity index is 2.58. The minimum atomic E-state index is -0.894. The maximum absolute atomic E-state index is 13.6. The standard InChI is InChI=1S/C11H9BrF2O/c1-6(15)11(2-3-11)10-8(13)4-7(12)5-9(10)14/h4-5H,2-3H2,1H3. The van der Waals surface area contributed by atoms with E-state index in [2.05, 4.69) is 15.9 Å². The van der Waals surface area contributed by atoms with Crippen molar-refractivity contribution in [1.29, 1.82) is 0 Å². The number of ketones is 1. The molecule has 2 rings (SSSR count). The van der Waals surface area contributed by atoms with E-state index in [1.807, 2.05) is 0 Å². The number of rotatable bonds is 2. The fourth-order valence-electron chi connectivity index (χ4n) is 1.90. The molecular formula is C11H9BrF2O. The van der Waals surface area contributed by atoms with E-state index in [-0.39, 0.29) is 11.3 Å². The van der Waals surface area contributed by atoms with E-state index in [0.717, 1.165) is 0 Å². The van der Waals surface area contributed by atoms with Crippen LogP contribution in [0.2, 0.25) is 0 Å². The highest BCUT2D eigenvalue weighted by atomic mass is 79.9. The van der Waals surface area contributed by atoms with Crippen molar-refractivity contribution in [2.24, 2.45) is 0 Å². The number of benzene rings is 1. The molecule has 0 saturated heterocycles. The van der Waals surface area contributed by atoms with Crippen molar-refractivity contribution in [3.05, 3.63) is 33.8 Å². The maximum atomic E-state index is 13.6. The first kappa shape index (κ1) is 10.7. The maximum Gasteiger partial charge on any atom is 0.140 e. The predicted molar refractivity (Wildman–Crippen MR) is 55.7 cm³/mol. The molecule has 0 N–H and O–H groups in total. The van der Waals surface area contributed by atoms with Gasteiger partial charge in [-0.3, -0.25) is 4.79 Å². The Labute approximate surface area is 94.6 Å². The molecule has 80 valence electrons. The van der Waals surface area contributed by atoms with Crippen LogP contribution in [0.4, 0.5) is 8.78 Å². The average molecular weight is 275 g/mol. The molecule has 0 amide bonds. The van der Waals surface area contributed by atoms with Gasteiger partial charge in [0.1, 0.15) is 17.4 Å². The molecule has 0 atom stereocenters. The van der Waals surface area contributed by atoms with Gasteiger partial charge in [-0.25, -0.2) is 8.78 Å². The summed E-state index contributed by atoms with van der Waals surface area (Å²) in [5.41, 5.74) is -0.965. The normalized spacial score (nSPS) is 17.6. The third-order valence-corrected chi connectivity index (χ3v) is 3.37. The number of Topliss-reactive ketones (excluding diaryl/α,β-unsaturated/α-hetero) is 1. The Morgan fingerprint density at radius 2 is 1.80 bits per heavy atom. The van der Waals surface area contributed by atoms with Crippen molar-refractivity contribution in [2.75, 3.05) is 0 Å². The molecule has 1 saturated carbocycles. The second-order valence-electron chi connectivity index (χ2n) is 3.88. The summed E-state index contributed by atoms with van der Waals surface area (Å²) in [6, 6.07) is 2.39. The molecule has 0 aromatic heterocycles. The highest BCUT2D eigenvalue weighted by Gasteiger charge is 2.52. The Morgan fingerprint density at radius 3 is 2.13 bits per heavy atom. The molecule has 1 aliphatic carbocycles. The van der Waals surface area contributed by atoms with Crippen LogP contribution >= 0.6 is 15.9 Å². The first-order valence-electron chi connectivity index (χ1n) is 4.63. The lowest BCUT2D eigenvalue weighted by Crippen LogP contribution is -2.20. The van der Waals surface area contributed by atoms with Crippen LogP contribution < -0.4 is 0 Å². The van der Waals surface area contributed by atoms with Gasteiger partial charge in [-0.05, 0) is 31.9 Å². The number of hydrogen-bond acceptors (Lipinski definition) is 1. The van der Waals surface area contributed by atoms with Crippen LogP contribution in [-0.4, -0.2) is 5.78 Å². The average Bonchev–Trinajstić information content (AvgIpc) is 2.83. The van der Waals surface area contributed by atoms with E-state index in [0.29, 0.717) is 17.3 Å². The van der Waals surface area contributed by atoms with Crippen LogP contribution in [0, 0.1) is 11.6 Å². The number of hydrogen-bond donors (Lipinski definition) is 0. The highest BCUT2D eigenvalue weighted by Crippen LogP contribution is 2.50. The van der Waals surface area contributed by atoms with Gasteiger partial charge in [0.15, 0.2) is 0 Å². The Kier molecular flexibility index (Phi) is 2.41. The molecule has 1 aliphatic rings. The molecule has 0 radical (unpaired) electrons. The van der Waals surface area contributed by atoms with Crippen molar-refractivity contribution in [1.82, 2.24) is 0 Å². The van der Waals surface area contributed by atoms with Crippen LogP contribution in [0.25, 0.3) is 0 Å². The van der Waals surface area contributed by atoms with Crippen molar-refractivity contribution >= 4 is 21.7 Å². The summed E-state index contributed by atoms with van der Waals surface area (Å²) in [5, 5.41) is 0. The van der Waals surface area contributed by atoms with Gasteiger partial charge in [0.25, 0.3) is 0 Å². The molecule has 1 fully saturated rings. The van der Waals surface area contributed by atoms with Gasteiger partial charge in [-0.15, -0.1) is 0 Å². The van der Waals surface area contributed by atoms with Gasteiger partial charge in [0.05, 0.1) is 5.41 Å². The lowest BCUT2D eigenvalue weighted by molar-refractivity contribution is -0.119. The summed E-state index contributed by atoms with van der Waals surface area (Å²) in [6.07, 6.45) is 1.08. The van der Waals surface area contributed by atoms with E-state index in [4.69, 9.17) is 0 Å². The minimum absolute atomic E-state index is 0.0711. The van der Waals surface area contributed by atoms with Crippen molar-refractivity contribution in [2.45, 2.75) is 25.2 Å². The molecule has 4 heteroatoms. The number of carbonyl (C=O) groups is 1. The minimum Gasteiger partial charge on any atom is -0.299 e. The number of halogens is 3. The third-order valence-electron chi connectivity index (χ3n) is 2.91. The molecule has 0 heterocycles. The molecule has 1 aromatic rings. The van der Waals surface area contributed by atoms with Crippen LogP contribution in [0.5, 0.6) is 0 Å². The van der Waals surface area contributed by atoms with Gasteiger partial charge in [0.2, 0.25) is 0 Å². The molecule has 15 heavy (non-hydrogen) atoms. The summed E-state index contributed by atoms with van der Waals surface area (Å²) in [6.45, 7) is 1.38. The monoisotopic (exact) mass is 274 g/mol. The molecule has 0 spiro atoms. The number of carbonyl (C=O) groups excluding carboxylic acids is 1. The predicted octanol–water partition coefficient (Wildman–Crippen LogP) is 3.35. The summed E-state index contributed by atoms with van der Waals surface area (Å²) in [7, 11) is 0. The van der Waals surface area contributed by atoms with Crippen LogP contribution in [-0.2, 0) is 10.2 Å². The smallest absolute Gasteiger partial charge is 0.140 e. The van der Waals surface area contributed by atoms with Gasteiger partial charge < -0.3 is 0 Å². The summed E-state index contributed by atoms with van der Waals surface area (Å²) >= 11 is 3.01. The molecule has 0 bridgehead atoms. The van der Waals surface area contributed by atoms with Gasteiger partial charge in [-0.1, -0.05) is 15.9 Å². The van der Waals surface area contributed by atoms with Crippen LogP contribution in [0.3, 0.4) is 0 Å². The van der Waals surface area contributed by atoms with E-state index in [1.165, 1.54) is 19.1 Å². The van der Waals surface area contributed by atoms with Gasteiger partial charge >= 0.3 is 0 Å². The fraction of sp³-hybridized carbons (Fsp3) is 0.364. The van der Waals surface area contributed by atoms with Crippen molar-refractivity contribution in [3.63, 3.8) is 0 Å². The summed E-state index contributed by atoms with van der Waals surface area (Å²) < 4.78 is 27.5. The van der Waals surface area contributed by atoms with E-state index in [9.17, 15) is 13.6 Å². The zero-order valence-electron chi connectivity index (χ0n) is 8.11.